The Morgan fingerprint density at radius 2 is 1.91 bits per heavy atom. The molecule has 1 aromatic carbocycles. The zero-order valence-electron chi connectivity index (χ0n) is 12.3. The monoisotopic (exact) mass is 333 g/mol. The van der Waals surface area contributed by atoms with Crippen molar-refractivity contribution in [2.75, 3.05) is 0 Å². The largest absolute Gasteiger partial charge is 0.334 e. The molecule has 2 aromatic heterocycles. The average Bonchev–Trinajstić information content (AvgIpc) is 3.07. The smallest absolute Gasteiger partial charge is 0.257 e. The van der Waals surface area contributed by atoms with E-state index in [-0.39, 0.29) is 5.75 Å². The minimum absolute atomic E-state index is 0.284. The van der Waals surface area contributed by atoms with Crippen LogP contribution in [0.25, 0.3) is 11.5 Å². The first-order valence-electron chi connectivity index (χ1n) is 6.77. The molecule has 0 saturated carbocycles. The first kappa shape index (κ1) is 15.1. The van der Waals surface area contributed by atoms with Crippen molar-refractivity contribution >= 4 is 22.1 Å². The Balaban J connectivity index is 1.67. The molecule has 114 valence electrons. The van der Waals surface area contributed by atoms with Crippen molar-refractivity contribution in [3.05, 3.63) is 51.7 Å². The van der Waals surface area contributed by atoms with E-state index < -0.39 is 10.8 Å². The lowest BCUT2D eigenvalue weighted by atomic mass is 10.2. The molecule has 0 spiro atoms. The van der Waals surface area contributed by atoms with E-state index in [2.05, 4.69) is 15.1 Å². The molecule has 0 fully saturated rings. The molecule has 0 aliphatic rings. The Labute approximate surface area is 134 Å². The fraction of sp³-hybridized carbons (Fsp3) is 0.267. The summed E-state index contributed by atoms with van der Waals surface area (Å²) >= 11 is 1.59. The number of hydrogen-bond acceptors (Lipinski definition) is 6. The highest BCUT2D eigenvalue weighted by Gasteiger charge is 2.14. The van der Waals surface area contributed by atoms with Gasteiger partial charge in [-0.25, -0.2) is 4.98 Å². The first-order chi connectivity index (χ1) is 10.6. The standard InChI is InChI=1S/C15H15N3O2S2/c1-10-13(21-11(2)16-10)8-22(19)9-14-17-15(20-18-14)12-6-4-3-5-7-12/h3-7H,8-9H2,1-2H3/t22-/m1/s1. The molecule has 0 radical (unpaired) electrons. The molecule has 22 heavy (non-hydrogen) atoms. The van der Waals surface area contributed by atoms with Gasteiger partial charge in [0, 0.05) is 21.2 Å². The van der Waals surface area contributed by atoms with E-state index in [0.717, 1.165) is 21.1 Å². The Bertz CT molecular complexity index is 796. The third-order valence-electron chi connectivity index (χ3n) is 3.07. The van der Waals surface area contributed by atoms with Gasteiger partial charge in [-0.15, -0.1) is 11.3 Å². The van der Waals surface area contributed by atoms with E-state index in [1.807, 2.05) is 44.2 Å². The van der Waals surface area contributed by atoms with Crippen LogP contribution in [0.1, 0.15) is 21.4 Å². The molecule has 0 N–H and O–H groups in total. The molecule has 7 heteroatoms. The number of aromatic nitrogens is 3. The summed E-state index contributed by atoms with van der Waals surface area (Å²) in [4.78, 5) is 9.71. The van der Waals surface area contributed by atoms with E-state index in [1.165, 1.54) is 0 Å². The van der Waals surface area contributed by atoms with Gasteiger partial charge in [0.25, 0.3) is 5.89 Å². The normalized spacial score (nSPS) is 12.5. The molecular weight excluding hydrogens is 318 g/mol. The molecule has 3 aromatic rings. The molecule has 0 unspecified atom stereocenters. The van der Waals surface area contributed by atoms with Gasteiger partial charge in [-0.1, -0.05) is 23.4 Å². The minimum atomic E-state index is -1.08. The number of hydrogen-bond donors (Lipinski definition) is 0. The Morgan fingerprint density at radius 1 is 1.14 bits per heavy atom. The topological polar surface area (TPSA) is 68.9 Å². The second-order valence-electron chi connectivity index (χ2n) is 4.85. The van der Waals surface area contributed by atoms with Crippen LogP contribution in [0, 0.1) is 13.8 Å². The molecule has 3 rings (SSSR count). The predicted octanol–water partition coefficient (Wildman–Crippen LogP) is 3.26. The van der Waals surface area contributed by atoms with Crippen LogP contribution in [-0.2, 0) is 22.3 Å². The molecule has 0 saturated heterocycles. The lowest BCUT2D eigenvalue weighted by Gasteiger charge is -1.97. The summed E-state index contributed by atoms with van der Waals surface area (Å²) in [7, 11) is -1.08. The van der Waals surface area contributed by atoms with Crippen molar-refractivity contribution in [3.8, 4) is 11.5 Å². The van der Waals surface area contributed by atoms with Gasteiger partial charge in [0.1, 0.15) is 0 Å². The molecule has 0 aliphatic carbocycles. The van der Waals surface area contributed by atoms with Crippen molar-refractivity contribution < 1.29 is 8.73 Å². The maximum Gasteiger partial charge on any atom is 0.257 e. The zero-order chi connectivity index (χ0) is 15.5. The van der Waals surface area contributed by atoms with Gasteiger partial charge in [0.05, 0.1) is 22.2 Å². The molecule has 0 amide bonds. The number of nitrogens with zero attached hydrogens (tertiary/aromatic N) is 3. The fourth-order valence-electron chi connectivity index (χ4n) is 2.06. The van der Waals surface area contributed by atoms with Crippen molar-refractivity contribution in [1.82, 2.24) is 15.1 Å². The van der Waals surface area contributed by atoms with Gasteiger partial charge in [-0.2, -0.15) is 4.98 Å². The van der Waals surface area contributed by atoms with Crippen LogP contribution in [0.2, 0.25) is 0 Å². The van der Waals surface area contributed by atoms with Crippen LogP contribution in [-0.4, -0.2) is 19.3 Å². The number of aryl methyl sites for hydroxylation is 2. The van der Waals surface area contributed by atoms with Gasteiger partial charge in [-0.3, -0.25) is 4.21 Å². The first-order valence-corrected chi connectivity index (χ1v) is 9.08. The number of thiazole rings is 1. The predicted molar refractivity (Wildman–Crippen MR) is 86.9 cm³/mol. The summed E-state index contributed by atoms with van der Waals surface area (Å²) in [6, 6.07) is 9.54. The van der Waals surface area contributed by atoms with Crippen molar-refractivity contribution in [1.29, 1.82) is 0 Å². The van der Waals surface area contributed by atoms with E-state index in [1.54, 1.807) is 11.3 Å². The Hall–Kier alpha value is -1.86. The van der Waals surface area contributed by atoms with Crippen molar-refractivity contribution in [3.63, 3.8) is 0 Å². The van der Waals surface area contributed by atoms with E-state index in [4.69, 9.17) is 4.52 Å². The summed E-state index contributed by atoms with van der Waals surface area (Å²) in [6.07, 6.45) is 0. The lowest BCUT2D eigenvalue weighted by molar-refractivity contribution is 0.425. The van der Waals surface area contributed by atoms with Crippen LogP contribution in [0.4, 0.5) is 0 Å². The summed E-state index contributed by atoms with van der Waals surface area (Å²) in [5.74, 6) is 1.69. The van der Waals surface area contributed by atoms with Gasteiger partial charge in [-0.05, 0) is 26.0 Å². The maximum absolute atomic E-state index is 12.3. The second kappa shape index (κ2) is 6.50. The third kappa shape index (κ3) is 3.48. The molecular formula is C15H15N3O2S2. The van der Waals surface area contributed by atoms with E-state index >= 15 is 0 Å². The van der Waals surface area contributed by atoms with Crippen LogP contribution in [0.15, 0.2) is 34.9 Å². The van der Waals surface area contributed by atoms with Crippen LogP contribution in [0.3, 0.4) is 0 Å². The molecule has 0 aliphatic heterocycles. The Morgan fingerprint density at radius 3 is 2.59 bits per heavy atom. The third-order valence-corrected chi connectivity index (χ3v) is 5.52. The van der Waals surface area contributed by atoms with Crippen molar-refractivity contribution in [2.24, 2.45) is 0 Å². The van der Waals surface area contributed by atoms with Crippen molar-refractivity contribution in [2.45, 2.75) is 25.4 Å². The average molecular weight is 333 g/mol. The Kier molecular flexibility index (Phi) is 4.44. The minimum Gasteiger partial charge on any atom is -0.334 e. The highest BCUT2D eigenvalue weighted by molar-refractivity contribution is 7.83. The van der Waals surface area contributed by atoms with Gasteiger partial charge in [0.15, 0.2) is 5.82 Å². The van der Waals surface area contributed by atoms with Gasteiger partial charge >= 0.3 is 0 Å². The fourth-order valence-corrected chi connectivity index (χ4v) is 4.43. The summed E-state index contributed by atoms with van der Waals surface area (Å²) in [5, 5.41) is 4.91. The van der Waals surface area contributed by atoms with Gasteiger partial charge < -0.3 is 4.52 Å². The lowest BCUT2D eigenvalue weighted by Crippen LogP contribution is -2.01. The molecule has 2 heterocycles. The highest BCUT2D eigenvalue weighted by atomic mass is 32.2. The number of benzene rings is 1. The maximum atomic E-state index is 12.3. The molecule has 1 atom stereocenters. The summed E-state index contributed by atoms with van der Waals surface area (Å²) < 4.78 is 17.5. The van der Waals surface area contributed by atoms with E-state index in [0.29, 0.717) is 17.5 Å². The van der Waals surface area contributed by atoms with Crippen LogP contribution >= 0.6 is 11.3 Å². The van der Waals surface area contributed by atoms with Gasteiger partial charge in [0.2, 0.25) is 0 Å². The number of rotatable bonds is 5. The SMILES string of the molecule is Cc1nc(C)c(C[S@@](=O)Cc2noc(-c3ccccc3)n2)s1. The zero-order valence-corrected chi connectivity index (χ0v) is 13.9. The van der Waals surface area contributed by atoms with E-state index in [9.17, 15) is 4.21 Å². The van der Waals surface area contributed by atoms with Crippen LogP contribution in [0.5, 0.6) is 0 Å². The highest BCUT2D eigenvalue weighted by Crippen LogP contribution is 2.20. The summed E-state index contributed by atoms with van der Waals surface area (Å²) in [6.45, 7) is 3.90. The molecule has 5 nitrogen and oxygen atoms in total. The second-order valence-corrected chi connectivity index (χ2v) is 7.60. The van der Waals surface area contributed by atoms with Crippen LogP contribution < -0.4 is 0 Å². The summed E-state index contributed by atoms with van der Waals surface area (Å²) in [5.41, 5.74) is 1.81. The quantitative estimate of drug-likeness (QED) is 0.717. The molecule has 0 bridgehead atoms.